The van der Waals surface area contributed by atoms with Gasteiger partial charge < -0.3 is 4.90 Å². The van der Waals surface area contributed by atoms with Crippen molar-refractivity contribution in [3.63, 3.8) is 0 Å². The van der Waals surface area contributed by atoms with Crippen LogP contribution in [0.3, 0.4) is 0 Å². The SMILES string of the molecule is C1=CC(N(C2=CC3C=CC(C4=CC5C6=C(C=CCC6)SC5C=C4)=CC3C=C2)C2=c3sc4c(c3=CCC2)CCC=C4C2=CCCC=C2)C2CCC=CC2=C1. The molecule has 264 valence electrons. The summed E-state index contributed by atoms with van der Waals surface area (Å²) in [6.45, 7) is 0. The molecular formula is C50H47NS2. The second-order valence-corrected chi connectivity index (χ2v) is 18.4. The molecule has 0 radical (unpaired) electrons. The van der Waals surface area contributed by atoms with Gasteiger partial charge in [-0.1, -0.05) is 122 Å². The molecule has 0 aromatic carbocycles. The summed E-state index contributed by atoms with van der Waals surface area (Å²) in [7, 11) is 0. The fourth-order valence-electron chi connectivity index (χ4n) is 10.5. The highest BCUT2D eigenvalue weighted by Gasteiger charge is 2.37. The standard InChI is InChI=1S/C50H47NS2/c1-2-11-33(12-3-1)40-17-9-18-42-43-19-10-21-46(50(43)53-49(40)42)51(45-20-8-14-32-13-4-5-15-39(32)45)38-27-25-35-29-34(23-24-36(35)30-38)37-26-28-48-44(31-37)41-16-6-7-22-47(41)52-48/h2,4,7-8,11-14,17,19-20,22-31,35-36,39,44-45,48H,1,3,5-6,9-10,15-16,18,21H2. The van der Waals surface area contributed by atoms with Crippen LogP contribution in [0.5, 0.6) is 0 Å². The van der Waals surface area contributed by atoms with Gasteiger partial charge in [-0.3, -0.25) is 0 Å². The number of fused-ring (bicyclic) bond motifs is 7. The highest BCUT2D eigenvalue weighted by molar-refractivity contribution is 8.04. The Hall–Kier alpha value is -4.05. The maximum Gasteiger partial charge on any atom is 0.0591 e. The Bertz CT molecular complexity index is 2360. The van der Waals surface area contributed by atoms with Crippen LogP contribution in [0.25, 0.3) is 17.3 Å². The molecule has 0 saturated heterocycles. The monoisotopic (exact) mass is 725 g/mol. The molecule has 10 aliphatic rings. The molecule has 3 heteroatoms. The summed E-state index contributed by atoms with van der Waals surface area (Å²) in [5.41, 5.74) is 13.4. The van der Waals surface area contributed by atoms with E-state index < -0.39 is 0 Å². The molecular weight excluding hydrogens is 679 g/mol. The molecule has 9 aliphatic carbocycles. The van der Waals surface area contributed by atoms with E-state index in [0.29, 0.717) is 35.0 Å². The van der Waals surface area contributed by atoms with Gasteiger partial charge in [-0.2, -0.15) is 0 Å². The first-order valence-electron chi connectivity index (χ1n) is 20.3. The van der Waals surface area contributed by atoms with Gasteiger partial charge in [0.2, 0.25) is 0 Å². The van der Waals surface area contributed by atoms with Crippen LogP contribution in [0.4, 0.5) is 0 Å². The third-order valence-electron chi connectivity index (χ3n) is 13.1. The number of nitrogens with zero attached hydrogens (tertiary/aromatic N) is 1. The summed E-state index contributed by atoms with van der Waals surface area (Å²) in [6, 6.07) is 0.314. The van der Waals surface area contributed by atoms with E-state index in [9.17, 15) is 0 Å². The van der Waals surface area contributed by atoms with E-state index in [1.54, 1.807) is 11.1 Å². The van der Waals surface area contributed by atoms with E-state index in [1.165, 1.54) is 78.1 Å². The van der Waals surface area contributed by atoms with Gasteiger partial charge in [0.05, 0.1) is 10.6 Å². The highest BCUT2D eigenvalue weighted by Crippen LogP contribution is 2.50. The van der Waals surface area contributed by atoms with E-state index >= 15 is 0 Å². The van der Waals surface area contributed by atoms with Crippen LogP contribution in [-0.2, 0) is 6.42 Å². The number of thioether (sulfide) groups is 1. The molecule has 1 nitrogen and oxygen atoms in total. The summed E-state index contributed by atoms with van der Waals surface area (Å²) >= 11 is 4.15. The lowest BCUT2D eigenvalue weighted by molar-refractivity contribution is 0.310. The van der Waals surface area contributed by atoms with Crippen molar-refractivity contribution >= 4 is 40.4 Å². The summed E-state index contributed by atoms with van der Waals surface area (Å²) in [4.78, 5) is 5.87. The number of allylic oxidation sites excluding steroid dienone is 23. The molecule has 0 spiro atoms. The molecule has 11 rings (SSSR count). The van der Waals surface area contributed by atoms with E-state index in [0.717, 1.165) is 44.9 Å². The van der Waals surface area contributed by atoms with Gasteiger partial charge in [-0.25, -0.2) is 0 Å². The molecule has 1 aliphatic heterocycles. The molecule has 53 heavy (non-hydrogen) atoms. The Labute approximate surface area is 323 Å². The van der Waals surface area contributed by atoms with E-state index in [2.05, 4.69) is 156 Å². The third-order valence-corrected chi connectivity index (χ3v) is 15.8. The topological polar surface area (TPSA) is 3.24 Å². The van der Waals surface area contributed by atoms with Crippen molar-refractivity contribution in [1.29, 1.82) is 0 Å². The van der Waals surface area contributed by atoms with Crippen molar-refractivity contribution in [2.45, 2.75) is 75.5 Å². The number of thiophene rings is 1. The predicted octanol–water partition coefficient (Wildman–Crippen LogP) is 11.2. The zero-order chi connectivity index (χ0) is 34.9. The predicted molar refractivity (Wildman–Crippen MR) is 227 cm³/mol. The minimum atomic E-state index is 0.314. The van der Waals surface area contributed by atoms with E-state index in [-0.39, 0.29) is 0 Å². The summed E-state index contributed by atoms with van der Waals surface area (Å²) < 4.78 is 1.52. The summed E-state index contributed by atoms with van der Waals surface area (Å²) in [5, 5.41) is 2.10. The number of hydrogen-bond acceptors (Lipinski definition) is 3. The van der Waals surface area contributed by atoms with Gasteiger partial charge in [0.15, 0.2) is 0 Å². The minimum absolute atomic E-state index is 0.314. The van der Waals surface area contributed by atoms with Gasteiger partial charge in [0.25, 0.3) is 0 Å². The molecule has 6 unspecified atom stereocenters. The zero-order valence-electron chi connectivity index (χ0n) is 30.4. The van der Waals surface area contributed by atoms with Gasteiger partial charge >= 0.3 is 0 Å². The van der Waals surface area contributed by atoms with Crippen molar-refractivity contribution in [1.82, 2.24) is 4.90 Å². The summed E-state index contributed by atoms with van der Waals surface area (Å²) in [6.07, 6.45) is 63.2. The van der Waals surface area contributed by atoms with Crippen molar-refractivity contribution in [3.05, 3.63) is 180 Å². The smallest absolute Gasteiger partial charge is 0.0591 e. The van der Waals surface area contributed by atoms with Gasteiger partial charge in [-0.15, -0.1) is 23.1 Å². The normalized spacial score (nSPS) is 31.5. The van der Waals surface area contributed by atoms with Crippen LogP contribution >= 0.6 is 23.1 Å². The first-order chi connectivity index (χ1) is 26.3. The molecule has 0 bridgehead atoms. The Morgan fingerprint density at radius 3 is 2.49 bits per heavy atom. The fourth-order valence-corrected chi connectivity index (χ4v) is 13.4. The van der Waals surface area contributed by atoms with Crippen LogP contribution in [0.15, 0.2) is 160 Å². The van der Waals surface area contributed by atoms with Crippen LogP contribution < -0.4 is 9.75 Å². The maximum atomic E-state index is 2.82. The second-order valence-electron chi connectivity index (χ2n) is 16.1. The Balaban J connectivity index is 0.971. The van der Waals surface area contributed by atoms with Crippen molar-refractivity contribution in [3.8, 4) is 0 Å². The lowest BCUT2D eigenvalue weighted by atomic mass is 9.77. The average Bonchev–Trinajstić information content (AvgIpc) is 3.80. The Morgan fingerprint density at radius 2 is 1.53 bits per heavy atom. The average molecular weight is 726 g/mol. The number of rotatable bonds is 5. The van der Waals surface area contributed by atoms with E-state index in [4.69, 9.17) is 0 Å². The second kappa shape index (κ2) is 13.4. The Morgan fingerprint density at radius 1 is 0.660 bits per heavy atom. The quantitative estimate of drug-likeness (QED) is 0.297. The largest absolute Gasteiger partial charge is 0.336 e. The molecule has 6 atom stereocenters. The van der Waals surface area contributed by atoms with Gasteiger partial charge in [0, 0.05) is 50.1 Å². The lowest BCUT2D eigenvalue weighted by Crippen LogP contribution is -2.44. The Kier molecular flexibility index (Phi) is 8.16. The molecule has 0 saturated carbocycles. The van der Waals surface area contributed by atoms with Crippen LogP contribution in [0, 0.1) is 23.7 Å². The molecule has 2 heterocycles. The molecule has 1 aromatic rings. The van der Waals surface area contributed by atoms with Gasteiger partial charge in [-0.05, 0) is 115 Å². The van der Waals surface area contributed by atoms with Crippen LogP contribution in [-0.4, -0.2) is 16.2 Å². The van der Waals surface area contributed by atoms with Crippen molar-refractivity contribution in [2.75, 3.05) is 0 Å². The van der Waals surface area contributed by atoms with Crippen molar-refractivity contribution < 1.29 is 0 Å². The molecule has 1 aromatic heterocycles. The zero-order valence-corrected chi connectivity index (χ0v) is 32.1. The van der Waals surface area contributed by atoms with Crippen LogP contribution in [0.2, 0.25) is 0 Å². The summed E-state index contributed by atoms with van der Waals surface area (Å²) in [5.74, 6) is 1.80. The maximum absolute atomic E-state index is 2.82. The number of hydrogen-bond donors (Lipinski definition) is 0. The van der Waals surface area contributed by atoms with Crippen molar-refractivity contribution in [2.24, 2.45) is 23.7 Å². The molecule has 0 N–H and O–H groups in total. The first-order valence-corrected chi connectivity index (χ1v) is 22.0. The lowest BCUT2D eigenvalue weighted by Gasteiger charge is -2.43. The minimum Gasteiger partial charge on any atom is -0.336 e. The molecule has 0 amide bonds. The van der Waals surface area contributed by atoms with Crippen LogP contribution in [0.1, 0.15) is 68.2 Å². The van der Waals surface area contributed by atoms with E-state index in [1.807, 2.05) is 0 Å². The fraction of sp³-hybridized carbons (Fsp3) is 0.320. The molecule has 0 fully saturated rings. The first kappa shape index (κ1) is 32.4. The van der Waals surface area contributed by atoms with Gasteiger partial charge in [0.1, 0.15) is 0 Å². The third kappa shape index (κ3) is 5.56. The highest BCUT2D eigenvalue weighted by atomic mass is 32.2.